The number of benzene rings is 2. The predicted octanol–water partition coefficient (Wildman–Crippen LogP) is 3.32. The first-order valence-corrected chi connectivity index (χ1v) is 8.95. The first-order valence-electron chi connectivity index (χ1n) is 8.95. The Labute approximate surface area is 149 Å². The summed E-state index contributed by atoms with van der Waals surface area (Å²) in [5.41, 5.74) is 3.88. The van der Waals surface area contributed by atoms with Gasteiger partial charge >= 0.3 is 0 Å². The predicted molar refractivity (Wildman–Crippen MR) is 100 cm³/mol. The summed E-state index contributed by atoms with van der Waals surface area (Å²) in [4.78, 5) is 5.10. The summed E-state index contributed by atoms with van der Waals surface area (Å²) in [6.45, 7) is 5.34. The van der Waals surface area contributed by atoms with Gasteiger partial charge in [0.2, 0.25) is 0 Å². The van der Waals surface area contributed by atoms with Crippen LogP contribution < -0.4 is 0 Å². The molecule has 1 fully saturated rings. The standard InChI is InChI=1S/C21H24N4/c1-3-7-18(8-4-1)17-24-13-15-25(16-14-24)21(20-11-12-22-23-20)19-9-5-2-6-10-19/h1-12,21H,13-17H2,(H,22,23). The summed E-state index contributed by atoms with van der Waals surface area (Å²) in [6.07, 6.45) is 1.84. The quantitative estimate of drug-likeness (QED) is 0.778. The zero-order valence-electron chi connectivity index (χ0n) is 14.4. The molecule has 0 bridgehead atoms. The minimum Gasteiger partial charge on any atom is -0.297 e. The van der Waals surface area contributed by atoms with Gasteiger partial charge in [0, 0.05) is 38.9 Å². The van der Waals surface area contributed by atoms with Crippen molar-refractivity contribution in [3.05, 3.63) is 89.7 Å². The van der Waals surface area contributed by atoms with Gasteiger partial charge < -0.3 is 0 Å². The van der Waals surface area contributed by atoms with Crippen LogP contribution in [0.15, 0.2) is 72.9 Å². The van der Waals surface area contributed by atoms with Crippen LogP contribution in [0, 0.1) is 0 Å². The van der Waals surface area contributed by atoms with Gasteiger partial charge in [0.15, 0.2) is 0 Å². The summed E-state index contributed by atoms with van der Waals surface area (Å²) in [5.74, 6) is 0. The lowest BCUT2D eigenvalue weighted by Gasteiger charge is -2.39. The molecule has 1 aliphatic heterocycles. The number of nitrogens with one attached hydrogen (secondary N) is 1. The van der Waals surface area contributed by atoms with Crippen LogP contribution >= 0.6 is 0 Å². The fourth-order valence-electron chi connectivity index (χ4n) is 3.66. The van der Waals surface area contributed by atoms with Crippen LogP contribution in [0.3, 0.4) is 0 Å². The van der Waals surface area contributed by atoms with Gasteiger partial charge in [0.05, 0.1) is 11.7 Å². The minimum absolute atomic E-state index is 0.252. The average Bonchev–Trinajstić information content (AvgIpc) is 3.19. The Morgan fingerprint density at radius 2 is 1.52 bits per heavy atom. The summed E-state index contributed by atoms with van der Waals surface area (Å²) in [6, 6.07) is 23.8. The molecule has 1 aliphatic rings. The van der Waals surface area contributed by atoms with E-state index in [1.165, 1.54) is 16.8 Å². The van der Waals surface area contributed by atoms with Crippen molar-refractivity contribution in [2.24, 2.45) is 0 Å². The third-order valence-corrected chi connectivity index (χ3v) is 4.95. The van der Waals surface area contributed by atoms with Gasteiger partial charge in [-0.1, -0.05) is 60.7 Å². The highest BCUT2D eigenvalue weighted by Crippen LogP contribution is 2.28. The van der Waals surface area contributed by atoms with Gasteiger partial charge in [-0.2, -0.15) is 5.10 Å². The van der Waals surface area contributed by atoms with Crippen molar-refractivity contribution in [3.8, 4) is 0 Å². The smallest absolute Gasteiger partial charge is 0.0771 e. The van der Waals surface area contributed by atoms with Crippen molar-refractivity contribution in [1.29, 1.82) is 0 Å². The van der Waals surface area contributed by atoms with Crippen molar-refractivity contribution >= 4 is 0 Å². The van der Waals surface area contributed by atoms with Crippen LogP contribution in [-0.2, 0) is 6.54 Å². The Balaban J connectivity index is 1.46. The van der Waals surface area contributed by atoms with Crippen molar-refractivity contribution in [1.82, 2.24) is 20.0 Å². The molecule has 0 saturated carbocycles. The Morgan fingerprint density at radius 1 is 0.840 bits per heavy atom. The summed E-state index contributed by atoms with van der Waals surface area (Å²) >= 11 is 0. The first kappa shape index (κ1) is 16.1. The first-order chi connectivity index (χ1) is 12.4. The molecule has 0 radical (unpaired) electrons. The molecule has 4 rings (SSSR count). The van der Waals surface area contributed by atoms with Gasteiger partial charge in [-0.05, 0) is 17.2 Å². The van der Waals surface area contributed by atoms with E-state index < -0.39 is 0 Å². The average molecular weight is 332 g/mol. The Bertz CT molecular complexity index is 747. The van der Waals surface area contributed by atoms with E-state index in [1.54, 1.807) is 0 Å². The van der Waals surface area contributed by atoms with Gasteiger partial charge in [0.1, 0.15) is 0 Å². The van der Waals surface area contributed by atoms with E-state index in [9.17, 15) is 0 Å². The summed E-state index contributed by atoms with van der Waals surface area (Å²) < 4.78 is 0. The third kappa shape index (κ3) is 3.81. The van der Waals surface area contributed by atoms with Crippen LogP contribution in [0.2, 0.25) is 0 Å². The molecule has 1 N–H and O–H groups in total. The monoisotopic (exact) mass is 332 g/mol. The fourth-order valence-corrected chi connectivity index (χ4v) is 3.66. The molecule has 1 aromatic heterocycles. The van der Waals surface area contributed by atoms with E-state index in [0.717, 1.165) is 32.7 Å². The second-order valence-corrected chi connectivity index (χ2v) is 6.62. The van der Waals surface area contributed by atoms with Gasteiger partial charge in [-0.3, -0.25) is 14.9 Å². The van der Waals surface area contributed by atoms with E-state index in [-0.39, 0.29) is 6.04 Å². The molecule has 1 atom stereocenters. The van der Waals surface area contributed by atoms with E-state index in [0.29, 0.717) is 0 Å². The fraction of sp³-hybridized carbons (Fsp3) is 0.286. The number of hydrogen-bond acceptors (Lipinski definition) is 3. The number of nitrogens with zero attached hydrogens (tertiary/aromatic N) is 3. The molecule has 3 aromatic rings. The topological polar surface area (TPSA) is 35.2 Å². The van der Waals surface area contributed by atoms with Gasteiger partial charge in [-0.25, -0.2) is 0 Å². The van der Waals surface area contributed by atoms with Crippen LogP contribution in [0.25, 0.3) is 0 Å². The molecule has 2 aromatic carbocycles. The minimum atomic E-state index is 0.252. The maximum absolute atomic E-state index is 4.17. The van der Waals surface area contributed by atoms with E-state index in [2.05, 4.69) is 86.7 Å². The second kappa shape index (κ2) is 7.64. The number of H-pyrrole nitrogens is 1. The maximum Gasteiger partial charge on any atom is 0.0771 e. The summed E-state index contributed by atoms with van der Waals surface area (Å²) in [7, 11) is 0. The third-order valence-electron chi connectivity index (χ3n) is 4.95. The molecule has 25 heavy (non-hydrogen) atoms. The van der Waals surface area contributed by atoms with Crippen LogP contribution in [0.4, 0.5) is 0 Å². The number of hydrogen-bond donors (Lipinski definition) is 1. The molecule has 1 unspecified atom stereocenters. The molecule has 0 amide bonds. The number of aromatic amines is 1. The highest BCUT2D eigenvalue weighted by Gasteiger charge is 2.27. The Morgan fingerprint density at radius 3 is 2.16 bits per heavy atom. The van der Waals surface area contributed by atoms with Crippen molar-refractivity contribution in [2.45, 2.75) is 12.6 Å². The van der Waals surface area contributed by atoms with Gasteiger partial charge in [0.25, 0.3) is 0 Å². The zero-order chi connectivity index (χ0) is 16.9. The van der Waals surface area contributed by atoms with E-state index in [1.807, 2.05) is 6.20 Å². The molecule has 4 heteroatoms. The number of rotatable bonds is 5. The molecule has 128 valence electrons. The van der Waals surface area contributed by atoms with E-state index in [4.69, 9.17) is 0 Å². The zero-order valence-corrected chi connectivity index (χ0v) is 14.4. The maximum atomic E-state index is 4.17. The Hall–Kier alpha value is -2.43. The van der Waals surface area contributed by atoms with Crippen LogP contribution in [0.1, 0.15) is 22.9 Å². The lowest BCUT2D eigenvalue weighted by atomic mass is 10.0. The number of piperazine rings is 1. The number of aromatic nitrogens is 2. The van der Waals surface area contributed by atoms with Crippen molar-refractivity contribution in [2.75, 3.05) is 26.2 Å². The molecule has 2 heterocycles. The highest BCUT2D eigenvalue weighted by atomic mass is 15.3. The molecule has 4 nitrogen and oxygen atoms in total. The molecule has 1 saturated heterocycles. The molecular weight excluding hydrogens is 308 g/mol. The van der Waals surface area contributed by atoms with Crippen LogP contribution in [-0.4, -0.2) is 46.2 Å². The van der Waals surface area contributed by atoms with Gasteiger partial charge in [-0.15, -0.1) is 0 Å². The molecule has 0 spiro atoms. The summed E-state index contributed by atoms with van der Waals surface area (Å²) in [5, 5.41) is 7.35. The Kier molecular flexibility index (Phi) is 4.91. The van der Waals surface area contributed by atoms with Crippen LogP contribution in [0.5, 0.6) is 0 Å². The van der Waals surface area contributed by atoms with E-state index >= 15 is 0 Å². The molecule has 0 aliphatic carbocycles. The normalized spacial score (nSPS) is 17.4. The highest BCUT2D eigenvalue weighted by molar-refractivity contribution is 5.27. The SMILES string of the molecule is c1ccc(CN2CCN(C(c3ccccc3)c3ccn[nH]3)CC2)cc1. The lowest BCUT2D eigenvalue weighted by molar-refractivity contribution is 0.103. The molecular formula is C21H24N4. The largest absolute Gasteiger partial charge is 0.297 e. The lowest BCUT2D eigenvalue weighted by Crippen LogP contribution is -2.47. The second-order valence-electron chi connectivity index (χ2n) is 6.62. The van der Waals surface area contributed by atoms with Crippen molar-refractivity contribution < 1.29 is 0 Å². The van der Waals surface area contributed by atoms with Crippen molar-refractivity contribution in [3.63, 3.8) is 0 Å².